The number of nitrogens with one attached hydrogen (secondary N) is 1. The van der Waals surface area contributed by atoms with Crippen LogP contribution in [0.15, 0.2) is 60.7 Å². The van der Waals surface area contributed by atoms with Crippen molar-refractivity contribution in [1.82, 2.24) is 5.32 Å². The molecule has 0 aliphatic carbocycles. The first-order chi connectivity index (χ1) is 13.1. The van der Waals surface area contributed by atoms with E-state index in [1.54, 1.807) is 20.8 Å². The van der Waals surface area contributed by atoms with Crippen LogP contribution in [0.25, 0.3) is 0 Å². The molecule has 0 heterocycles. The summed E-state index contributed by atoms with van der Waals surface area (Å²) in [6.45, 7) is 5.08. The molecule has 0 amide bonds. The molecule has 0 saturated heterocycles. The summed E-state index contributed by atoms with van der Waals surface area (Å²) in [4.78, 5) is 12.6. The first kappa shape index (κ1) is 22.0. The van der Waals surface area contributed by atoms with Crippen molar-refractivity contribution in [1.29, 1.82) is 0 Å². The van der Waals surface area contributed by atoms with Gasteiger partial charge in [0.05, 0.1) is 6.04 Å². The van der Waals surface area contributed by atoms with Crippen molar-refractivity contribution in [3.63, 3.8) is 0 Å². The predicted molar refractivity (Wildman–Crippen MR) is 103 cm³/mol. The molecule has 0 aliphatic heterocycles. The molecule has 0 aromatic heterocycles. The van der Waals surface area contributed by atoms with E-state index >= 15 is 0 Å². The quantitative estimate of drug-likeness (QED) is 0.639. The second kappa shape index (κ2) is 9.24. The molecule has 1 N–H and O–H groups in total. The zero-order chi connectivity index (χ0) is 20.8. The van der Waals surface area contributed by atoms with Crippen molar-refractivity contribution in [2.24, 2.45) is 0 Å². The Labute approximate surface area is 163 Å². The Hall–Kier alpha value is -2.34. The minimum atomic E-state index is -4.35. The number of hydrogen-bond acceptors (Lipinski definition) is 3. The van der Waals surface area contributed by atoms with Gasteiger partial charge in [0.25, 0.3) is 0 Å². The molecule has 0 saturated carbocycles. The minimum absolute atomic E-state index is 0.394. The summed E-state index contributed by atoms with van der Waals surface area (Å²) in [7, 11) is 0. The molecular weight excluding hydrogens is 367 g/mol. The first-order valence-electron chi connectivity index (χ1n) is 9.21. The van der Waals surface area contributed by atoms with Crippen LogP contribution in [0.5, 0.6) is 0 Å². The maximum Gasteiger partial charge on any atom is 0.389 e. The van der Waals surface area contributed by atoms with Gasteiger partial charge in [-0.1, -0.05) is 60.7 Å². The molecule has 2 aromatic carbocycles. The monoisotopic (exact) mass is 393 g/mol. The zero-order valence-corrected chi connectivity index (χ0v) is 16.3. The van der Waals surface area contributed by atoms with E-state index in [1.165, 1.54) is 0 Å². The lowest BCUT2D eigenvalue weighted by Gasteiger charge is -2.29. The lowest BCUT2D eigenvalue weighted by atomic mass is 9.97. The summed E-state index contributed by atoms with van der Waals surface area (Å²) < 4.78 is 43.8. The number of rotatable bonds is 7. The van der Waals surface area contributed by atoms with Gasteiger partial charge in [-0.2, -0.15) is 13.2 Å². The molecule has 2 aromatic rings. The number of carbonyl (C=O) groups is 1. The average Bonchev–Trinajstić information content (AvgIpc) is 2.61. The van der Waals surface area contributed by atoms with Crippen LogP contribution in [-0.2, 0) is 9.53 Å². The highest BCUT2D eigenvalue weighted by atomic mass is 19.4. The molecule has 0 fully saturated rings. The van der Waals surface area contributed by atoms with Gasteiger partial charge >= 0.3 is 12.1 Å². The number of hydrogen-bond donors (Lipinski definition) is 1. The van der Waals surface area contributed by atoms with Crippen molar-refractivity contribution in [3.05, 3.63) is 71.8 Å². The summed E-state index contributed by atoms with van der Waals surface area (Å²) in [5.41, 5.74) is 0.924. The molecule has 2 rings (SSSR count). The van der Waals surface area contributed by atoms with E-state index in [4.69, 9.17) is 4.74 Å². The highest BCUT2D eigenvalue weighted by Gasteiger charge is 2.34. The summed E-state index contributed by atoms with van der Waals surface area (Å²) in [6, 6.07) is 17.1. The lowest BCUT2D eigenvalue weighted by molar-refractivity contribution is -0.160. The number of esters is 1. The van der Waals surface area contributed by atoms with Crippen LogP contribution in [0, 0.1) is 0 Å². The molecular formula is C22H26F3NO2. The molecule has 6 heteroatoms. The zero-order valence-electron chi connectivity index (χ0n) is 16.3. The van der Waals surface area contributed by atoms with Crippen LogP contribution in [0.1, 0.15) is 50.8 Å². The number of ether oxygens (including phenoxy) is 1. The topological polar surface area (TPSA) is 38.3 Å². The second-order valence-electron chi connectivity index (χ2n) is 7.66. The van der Waals surface area contributed by atoms with Crippen LogP contribution in [0.2, 0.25) is 0 Å². The number of alkyl halides is 3. The van der Waals surface area contributed by atoms with Crippen molar-refractivity contribution in [3.8, 4) is 0 Å². The third-order valence-electron chi connectivity index (χ3n) is 4.04. The molecule has 0 spiro atoms. The SMILES string of the molecule is CC(C)(C)OC(=O)C(CCC(F)(F)F)NC(c1ccccc1)c1ccccc1. The molecule has 0 radical (unpaired) electrons. The third kappa shape index (κ3) is 7.35. The molecule has 152 valence electrons. The molecule has 0 bridgehead atoms. The largest absolute Gasteiger partial charge is 0.459 e. The van der Waals surface area contributed by atoms with Gasteiger partial charge in [0.15, 0.2) is 0 Å². The van der Waals surface area contributed by atoms with Crippen LogP contribution in [0.3, 0.4) is 0 Å². The van der Waals surface area contributed by atoms with Crippen LogP contribution in [0.4, 0.5) is 13.2 Å². The number of carbonyl (C=O) groups excluding carboxylic acids is 1. The summed E-state index contributed by atoms with van der Waals surface area (Å²) in [5, 5.41) is 3.11. The summed E-state index contributed by atoms with van der Waals surface area (Å²) in [6.07, 6.45) is -5.81. The van der Waals surface area contributed by atoms with Gasteiger partial charge < -0.3 is 4.74 Å². The van der Waals surface area contributed by atoms with Crippen LogP contribution in [-0.4, -0.2) is 23.8 Å². The Morgan fingerprint density at radius 2 is 1.39 bits per heavy atom. The van der Waals surface area contributed by atoms with Crippen molar-refractivity contribution in [2.75, 3.05) is 0 Å². The Bertz CT molecular complexity index is 700. The van der Waals surface area contributed by atoms with E-state index in [1.807, 2.05) is 60.7 Å². The van der Waals surface area contributed by atoms with E-state index < -0.39 is 42.7 Å². The Balaban J connectivity index is 2.31. The molecule has 1 atom stereocenters. The smallest absolute Gasteiger partial charge is 0.389 e. The first-order valence-corrected chi connectivity index (χ1v) is 9.21. The van der Waals surface area contributed by atoms with Crippen molar-refractivity contribution < 1.29 is 22.7 Å². The summed E-state index contributed by atoms with van der Waals surface area (Å²) >= 11 is 0. The molecule has 0 aliphatic rings. The predicted octanol–water partition coefficient (Wildman–Crippen LogP) is 5.42. The normalized spacial score (nSPS) is 13.4. The Kier molecular flexibility index (Phi) is 7.24. The van der Waals surface area contributed by atoms with Crippen LogP contribution >= 0.6 is 0 Å². The van der Waals surface area contributed by atoms with E-state index in [0.717, 1.165) is 11.1 Å². The van der Waals surface area contributed by atoms with E-state index in [0.29, 0.717) is 0 Å². The second-order valence-corrected chi connectivity index (χ2v) is 7.66. The van der Waals surface area contributed by atoms with Gasteiger partial charge in [-0.05, 0) is 38.3 Å². The molecule has 28 heavy (non-hydrogen) atoms. The molecule has 1 unspecified atom stereocenters. The Morgan fingerprint density at radius 3 is 1.79 bits per heavy atom. The van der Waals surface area contributed by atoms with E-state index in [9.17, 15) is 18.0 Å². The van der Waals surface area contributed by atoms with Crippen LogP contribution < -0.4 is 5.32 Å². The van der Waals surface area contributed by atoms with Gasteiger partial charge in [0.2, 0.25) is 0 Å². The van der Waals surface area contributed by atoms with Gasteiger partial charge in [-0.3, -0.25) is 10.1 Å². The minimum Gasteiger partial charge on any atom is -0.459 e. The molecule has 3 nitrogen and oxygen atoms in total. The van der Waals surface area contributed by atoms with Gasteiger partial charge in [0, 0.05) is 6.42 Å². The fourth-order valence-electron chi connectivity index (χ4n) is 2.83. The maximum atomic E-state index is 12.8. The maximum absolute atomic E-state index is 12.8. The van der Waals surface area contributed by atoms with E-state index in [2.05, 4.69) is 5.32 Å². The fraction of sp³-hybridized carbons (Fsp3) is 0.409. The lowest BCUT2D eigenvalue weighted by Crippen LogP contribution is -2.43. The summed E-state index contributed by atoms with van der Waals surface area (Å²) in [5.74, 6) is -0.686. The number of benzene rings is 2. The van der Waals surface area contributed by atoms with Crippen molar-refractivity contribution in [2.45, 2.75) is 57.5 Å². The van der Waals surface area contributed by atoms with Gasteiger partial charge in [0.1, 0.15) is 11.6 Å². The third-order valence-corrected chi connectivity index (χ3v) is 4.04. The standard InChI is InChI=1S/C22H26F3NO2/c1-21(2,3)28-20(27)18(14-15-22(23,24)25)26-19(16-10-6-4-7-11-16)17-12-8-5-9-13-17/h4-13,18-19,26H,14-15H2,1-3H3. The highest BCUT2D eigenvalue weighted by Crippen LogP contribution is 2.27. The highest BCUT2D eigenvalue weighted by molar-refractivity contribution is 5.76. The Morgan fingerprint density at radius 1 is 0.929 bits per heavy atom. The fourth-order valence-corrected chi connectivity index (χ4v) is 2.83. The average molecular weight is 393 g/mol. The van der Waals surface area contributed by atoms with Crippen molar-refractivity contribution >= 4 is 5.97 Å². The van der Waals surface area contributed by atoms with Gasteiger partial charge in [-0.15, -0.1) is 0 Å². The number of halogens is 3. The van der Waals surface area contributed by atoms with Gasteiger partial charge in [-0.25, -0.2) is 0 Å². The van der Waals surface area contributed by atoms with E-state index in [-0.39, 0.29) is 0 Å².